The number of benzene rings is 2. The number of hydrogen-bond acceptors (Lipinski definition) is 5. The molecule has 38 heavy (non-hydrogen) atoms. The zero-order chi connectivity index (χ0) is 27.0. The molecular formula is C28H25ClN4O5. The minimum atomic E-state index is -0.471. The zero-order valence-corrected chi connectivity index (χ0v) is 21.4. The molecule has 0 radical (unpaired) electrons. The topological polar surface area (TPSA) is 117 Å². The van der Waals surface area contributed by atoms with Crippen molar-refractivity contribution in [2.45, 2.75) is 25.2 Å². The van der Waals surface area contributed by atoms with Crippen molar-refractivity contribution in [3.63, 3.8) is 0 Å². The van der Waals surface area contributed by atoms with Crippen LogP contribution in [-0.4, -0.2) is 46.3 Å². The lowest BCUT2D eigenvalue weighted by Crippen LogP contribution is -2.47. The standard InChI is InChI=1S/C28H25ClN4O5/c1-18-6-8-23-21(14-18)28(10-12-31(13-11-28)27(36)20-15-24(29)30-25(34)16-20)17-32(23)26(35)9-7-19-4-2-3-5-22(19)33(37)38/h2-9,14-16H,10-13,17H2,1H3,(H,30,34)/b9-7+. The minimum Gasteiger partial charge on any atom is -0.339 e. The van der Waals surface area contributed by atoms with Gasteiger partial charge in [0.05, 0.1) is 10.5 Å². The van der Waals surface area contributed by atoms with E-state index in [1.807, 2.05) is 19.1 Å². The molecule has 0 aliphatic carbocycles. The number of nitro groups is 1. The molecule has 1 saturated heterocycles. The molecule has 10 heteroatoms. The van der Waals surface area contributed by atoms with Gasteiger partial charge in [0.1, 0.15) is 5.15 Å². The van der Waals surface area contributed by atoms with Gasteiger partial charge in [0, 0.05) is 54.5 Å². The van der Waals surface area contributed by atoms with Gasteiger partial charge in [-0.1, -0.05) is 41.4 Å². The maximum atomic E-state index is 13.4. The van der Waals surface area contributed by atoms with Crippen LogP contribution in [0.3, 0.4) is 0 Å². The number of amides is 2. The summed E-state index contributed by atoms with van der Waals surface area (Å²) in [4.78, 5) is 54.9. The number of nitro benzene ring substituents is 1. The number of fused-ring (bicyclic) bond motifs is 2. The second kappa shape index (κ2) is 9.90. The van der Waals surface area contributed by atoms with E-state index in [2.05, 4.69) is 11.1 Å². The van der Waals surface area contributed by atoms with E-state index in [1.54, 1.807) is 28.0 Å². The van der Waals surface area contributed by atoms with Crippen molar-refractivity contribution in [3.05, 3.63) is 109 Å². The fraction of sp³-hybridized carbons (Fsp3) is 0.250. The predicted octanol–water partition coefficient (Wildman–Crippen LogP) is 4.48. The fourth-order valence-electron chi connectivity index (χ4n) is 5.41. The van der Waals surface area contributed by atoms with Crippen LogP contribution in [0.4, 0.5) is 11.4 Å². The lowest BCUT2D eigenvalue weighted by molar-refractivity contribution is -0.385. The van der Waals surface area contributed by atoms with Gasteiger partial charge in [-0.3, -0.25) is 24.5 Å². The van der Waals surface area contributed by atoms with Crippen LogP contribution in [0.15, 0.2) is 65.5 Å². The van der Waals surface area contributed by atoms with E-state index in [4.69, 9.17) is 11.6 Å². The molecule has 2 amide bonds. The van der Waals surface area contributed by atoms with E-state index < -0.39 is 10.5 Å². The molecular weight excluding hydrogens is 508 g/mol. The number of carbonyl (C=O) groups is 2. The molecule has 1 aromatic heterocycles. The maximum absolute atomic E-state index is 13.4. The molecule has 194 valence electrons. The molecule has 0 atom stereocenters. The number of para-hydroxylation sites is 1. The number of H-pyrrole nitrogens is 1. The molecule has 0 bridgehead atoms. The highest BCUT2D eigenvalue weighted by atomic mass is 35.5. The second-order valence-electron chi connectivity index (χ2n) is 9.75. The Morgan fingerprint density at radius 2 is 1.84 bits per heavy atom. The highest BCUT2D eigenvalue weighted by Gasteiger charge is 2.46. The van der Waals surface area contributed by atoms with Crippen LogP contribution in [0.25, 0.3) is 6.08 Å². The Balaban J connectivity index is 1.38. The first-order valence-electron chi connectivity index (χ1n) is 12.2. The summed E-state index contributed by atoms with van der Waals surface area (Å²) in [6.07, 6.45) is 4.14. The summed E-state index contributed by atoms with van der Waals surface area (Å²) in [5, 5.41) is 11.5. The molecule has 2 aromatic carbocycles. The van der Waals surface area contributed by atoms with E-state index in [1.165, 1.54) is 30.4 Å². The number of aromatic nitrogens is 1. The van der Waals surface area contributed by atoms with Crippen LogP contribution in [0.2, 0.25) is 5.15 Å². The van der Waals surface area contributed by atoms with Crippen LogP contribution in [0.5, 0.6) is 0 Å². The third kappa shape index (κ3) is 4.72. The van der Waals surface area contributed by atoms with Crippen LogP contribution < -0.4 is 10.5 Å². The predicted molar refractivity (Wildman–Crippen MR) is 145 cm³/mol. The number of nitrogens with one attached hydrogen (secondary N) is 1. The second-order valence-corrected chi connectivity index (χ2v) is 10.2. The number of piperidine rings is 1. The van der Waals surface area contributed by atoms with Gasteiger partial charge in [0.25, 0.3) is 17.5 Å². The number of carbonyl (C=O) groups excluding carboxylic acids is 2. The van der Waals surface area contributed by atoms with Crippen molar-refractivity contribution < 1.29 is 14.5 Å². The molecule has 5 rings (SSSR count). The highest BCUT2D eigenvalue weighted by Crippen LogP contribution is 2.47. The summed E-state index contributed by atoms with van der Waals surface area (Å²) in [5.74, 6) is -0.516. The average molecular weight is 533 g/mol. The first-order valence-corrected chi connectivity index (χ1v) is 12.6. The smallest absolute Gasteiger partial charge is 0.276 e. The highest BCUT2D eigenvalue weighted by molar-refractivity contribution is 6.29. The van der Waals surface area contributed by atoms with Gasteiger partial charge in [-0.15, -0.1) is 0 Å². The van der Waals surface area contributed by atoms with Gasteiger partial charge in [-0.25, -0.2) is 0 Å². The van der Waals surface area contributed by atoms with Crippen LogP contribution >= 0.6 is 11.6 Å². The molecule has 1 N–H and O–H groups in total. The summed E-state index contributed by atoms with van der Waals surface area (Å²) in [5.41, 5.74) is 2.73. The molecule has 1 spiro atoms. The Kier molecular flexibility index (Phi) is 6.62. The summed E-state index contributed by atoms with van der Waals surface area (Å²) in [6, 6.07) is 15.0. The largest absolute Gasteiger partial charge is 0.339 e. The third-order valence-electron chi connectivity index (χ3n) is 7.35. The fourth-order valence-corrected chi connectivity index (χ4v) is 5.62. The number of aromatic amines is 1. The van der Waals surface area contributed by atoms with Crippen molar-refractivity contribution >= 4 is 40.9 Å². The van der Waals surface area contributed by atoms with E-state index in [9.17, 15) is 24.5 Å². The van der Waals surface area contributed by atoms with Gasteiger partial charge in [-0.05, 0) is 49.6 Å². The first-order chi connectivity index (χ1) is 18.2. The van der Waals surface area contributed by atoms with Gasteiger partial charge in [0.2, 0.25) is 5.56 Å². The molecule has 0 saturated carbocycles. The Morgan fingerprint density at radius 3 is 2.55 bits per heavy atom. The number of rotatable bonds is 4. The normalized spacial score (nSPS) is 16.2. The Hall–Kier alpha value is -4.24. The van der Waals surface area contributed by atoms with Crippen molar-refractivity contribution in [1.82, 2.24) is 9.88 Å². The minimum absolute atomic E-state index is 0.0656. The Morgan fingerprint density at radius 1 is 1.11 bits per heavy atom. The van der Waals surface area contributed by atoms with Gasteiger partial charge in [0.15, 0.2) is 0 Å². The lowest BCUT2D eigenvalue weighted by atomic mass is 9.74. The monoisotopic (exact) mass is 532 g/mol. The number of anilines is 1. The third-order valence-corrected chi connectivity index (χ3v) is 7.55. The van der Waals surface area contributed by atoms with Crippen LogP contribution in [-0.2, 0) is 10.2 Å². The molecule has 0 unspecified atom stereocenters. The molecule has 2 aliphatic rings. The summed E-state index contributed by atoms with van der Waals surface area (Å²) in [7, 11) is 0. The number of likely N-dealkylation sites (tertiary alicyclic amines) is 1. The maximum Gasteiger partial charge on any atom is 0.276 e. The van der Waals surface area contributed by atoms with E-state index in [0.717, 1.165) is 16.8 Å². The van der Waals surface area contributed by atoms with Gasteiger partial charge < -0.3 is 14.8 Å². The first kappa shape index (κ1) is 25.4. The van der Waals surface area contributed by atoms with Crippen molar-refractivity contribution in [2.24, 2.45) is 0 Å². The Labute approximate surface area is 223 Å². The van der Waals surface area contributed by atoms with E-state index in [-0.39, 0.29) is 33.6 Å². The van der Waals surface area contributed by atoms with Crippen LogP contribution in [0, 0.1) is 17.0 Å². The number of aryl methyl sites for hydroxylation is 1. The van der Waals surface area contributed by atoms with Crippen molar-refractivity contribution in [3.8, 4) is 0 Å². The van der Waals surface area contributed by atoms with Crippen molar-refractivity contribution in [2.75, 3.05) is 24.5 Å². The molecule has 3 aromatic rings. The summed E-state index contributed by atoms with van der Waals surface area (Å²) in [6.45, 7) is 3.38. The zero-order valence-electron chi connectivity index (χ0n) is 20.6. The number of hydrogen-bond donors (Lipinski definition) is 1. The van der Waals surface area contributed by atoms with E-state index >= 15 is 0 Å². The van der Waals surface area contributed by atoms with Gasteiger partial charge >= 0.3 is 0 Å². The number of pyridine rings is 1. The lowest BCUT2D eigenvalue weighted by Gasteiger charge is -2.40. The molecule has 1 fully saturated rings. The van der Waals surface area contributed by atoms with E-state index in [0.29, 0.717) is 38.0 Å². The molecule has 2 aliphatic heterocycles. The molecule has 3 heterocycles. The SMILES string of the molecule is Cc1ccc2c(c1)C1(CCN(C(=O)c3cc(Cl)[nH]c(=O)c3)CC1)CN2C(=O)/C=C/c1ccccc1[N+](=O)[O-]. The Bertz CT molecular complexity index is 1540. The van der Waals surface area contributed by atoms with Crippen LogP contribution in [0.1, 0.15) is 39.9 Å². The van der Waals surface area contributed by atoms with Gasteiger partial charge in [-0.2, -0.15) is 0 Å². The van der Waals surface area contributed by atoms with Crippen molar-refractivity contribution in [1.29, 1.82) is 0 Å². The quantitative estimate of drug-likeness (QED) is 0.230. The number of nitrogens with zero attached hydrogens (tertiary/aromatic N) is 3. The summed E-state index contributed by atoms with van der Waals surface area (Å²) >= 11 is 5.93. The number of halogens is 1. The average Bonchev–Trinajstić information content (AvgIpc) is 3.20. The summed E-state index contributed by atoms with van der Waals surface area (Å²) < 4.78 is 0. The molecule has 9 nitrogen and oxygen atoms in total.